The van der Waals surface area contributed by atoms with Gasteiger partial charge in [0, 0.05) is 19.3 Å². The Morgan fingerprint density at radius 3 is 1.24 bits per heavy atom. The minimum absolute atomic E-state index is 0.0785. The van der Waals surface area contributed by atoms with Crippen molar-refractivity contribution in [3.63, 3.8) is 0 Å². The Morgan fingerprint density at radius 2 is 0.909 bits per heavy atom. The summed E-state index contributed by atoms with van der Waals surface area (Å²) in [5.41, 5.74) is 0.0785. The van der Waals surface area contributed by atoms with Crippen LogP contribution in [0.1, 0.15) is 24.2 Å². The third-order valence-electron chi connectivity index (χ3n) is 4.02. The lowest BCUT2D eigenvalue weighted by Crippen LogP contribution is -2.13. The fourth-order valence-electron chi connectivity index (χ4n) is 2.47. The fourth-order valence-corrected chi connectivity index (χ4v) is 2.47. The molecule has 0 unspecified atom stereocenters. The summed E-state index contributed by atoms with van der Waals surface area (Å²) in [6.45, 7) is 10.5. The van der Waals surface area contributed by atoms with Crippen LogP contribution in [-0.2, 0) is 28.4 Å². The molecule has 0 aliphatic heterocycles. The predicted octanol–water partition coefficient (Wildman–Crippen LogP) is 2.28. The molecular formula is C23H38O10. The number of ether oxygens (including phenoxy) is 8. The van der Waals surface area contributed by atoms with Crippen LogP contribution in [0.15, 0.2) is 18.2 Å². The van der Waals surface area contributed by atoms with E-state index in [1.54, 1.807) is 6.07 Å². The molecule has 0 heterocycles. The first-order valence-electron chi connectivity index (χ1n) is 11.3. The van der Waals surface area contributed by atoms with Crippen LogP contribution in [0, 0.1) is 0 Å². The lowest BCUT2D eigenvalue weighted by Gasteiger charge is -2.12. The number of hydrogen-bond acceptors (Lipinski definition) is 9. The molecule has 10 heteroatoms. The van der Waals surface area contributed by atoms with Crippen LogP contribution in [0.2, 0.25) is 0 Å². The van der Waals surface area contributed by atoms with Crippen molar-refractivity contribution in [2.24, 2.45) is 0 Å². The Kier molecular flexibility index (Phi) is 18.2. The minimum Gasteiger partial charge on any atom is -0.491 e. The van der Waals surface area contributed by atoms with Gasteiger partial charge in [-0.05, 0) is 26.0 Å². The number of benzene rings is 1. The van der Waals surface area contributed by atoms with E-state index >= 15 is 0 Å². The molecule has 1 aromatic rings. The van der Waals surface area contributed by atoms with Crippen LogP contribution in [0.5, 0.6) is 11.5 Å². The molecule has 0 atom stereocenters. The highest BCUT2D eigenvalue weighted by Gasteiger charge is 2.09. The van der Waals surface area contributed by atoms with Gasteiger partial charge in [0.25, 0.3) is 0 Å². The zero-order valence-corrected chi connectivity index (χ0v) is 19.8. The van der Waals surface area contributed by atoms with Crippen molar-refractivity contribution < 1.29 is 47.8 Å². The van der Waals surface area contributed by atoms with Gasteiger partial charge >= 0.3 is 5.97 Å². The molecule has 33 heavy (non-hydrogen) atoms. The zero-order valence-electron chi connectivity index (χ0n) is 19.8. The summed E-state index contributed by atoms with van der Waals surface area (Å²) in [5, 5.41) is 9.32. The molecule has 0 aromatic heterocycles. The summed E-state index contributed by atoms with van der Waals surface area (Å²) < 4.78 is 43.1. The van der Waals surface area contributed by atoms with Gasteiger partial charge in [-0.2, -0.15) is 0 Å². The van der Waals surface area contributed by atoms with Crippen LogP contribution in [0.3, 0.4) is 0 Å². The van der Waals surface area contributed by atoms with E-state index in [2.05, 4.69) is 0 Å². The molecular weight excluding hydrogens is 436 g/mol. The van der Waals surface area contributed by atoms with Crippen LogP contribution < -0.4 is 9.47 Å². The number of carbonyl (C=O) groups is 1. The van der Waals surface area contributed by atoms with E-state index in [-0.39, 0.29) is 18.8 Å². The predicted molar refractivity (Wildman–Crippen MR) is 121 cm³/mol. The molecule has 0 aliphatic carbocycles. The van der Waals surface area contributed by atoms with Crippen molar-refractivity contribution in [1.82, 2.24) is 0 Å². The zero-order chi connectivity index (χ0) is 24.0. The van der Waals surface area contributed by atoms with Crippen molar-refractivity contribution in [3.8, 4) is 11.5 Å². The molecule has 10 nitrogen and oxygen atoms in total. The summed E-state index contributed by atoms with van der Waals surface area (Å²) in [6, 6.07) is 4.53. The highest BCUT2D eigenvalue weighted by molar-refractivity contribution is 5.88. The van der Waals surface area contributed by atoms with E-state index in [0.717, 1.165) is 0 Å². The van der Waals surface area contributed by atoms with E-state index in [1.165, 1.54) is 12.1 Å². The molecule has 0 bridgehead atoms. The van der Waals surface area contributed by atoms with E-state index in [4.69, 9.17) is 37.9 Å². The number of hydrogen-bond donors (Lipinski definition) is 1. The average molecular weight is 475 g/mol. The molecule has 1 N–H and O–H groups in total. The van der Waals surface area contributed by atoms with Crippen LogP contribution in [-0.4, -0.2) is 104 Å². The standard InChI is InChI=1S/C23H38O10/c1-3-26-5-7-28-9-11-30-13-15-32-21-17-20(23(24)25)18-22(19-21)33-16-14-31-12-10-29-8-6-27-4-2/h17-19H,3-16H2,1-2H3,(H,24,25). The van der Waals surface area contributed by atoms with Crippen molar-refractivity contribution in [3.05, 3.63) is 23.8 Å². The highest BCUT2D eigenvalue weighted by Crippen LogP contribution is 2.23. The van der Waals surface area contributed by atoms with Gasteiger partial charge in [-0.1, -0.05) is 0 Å². The third-order valence-corrected chi connectivity index (χ3v) is 4.02. The lowest BCUT2D eigenvalue weighted by atomic mass is 10.2. The van der Waals surface area contributed by atoms with Crippen LogP contribution in [0.25, 0.3) is 0 Å². The lowest BCUT2D eigenvalue weighted by molar-refractivity contribution is 0.0109. The van der Waals surface area contributed by atoms with Gasteiger partial charge in [0.15, 0.2) is 0 Å². The van der Waals surface area contributed by atoms with Gasteiger partial charge in [0.05, 0.1) is 71.6 Å². The maximum absolute atomic E-state index is 11.4. The average Bonchev–Trinajstić information content (AvgIpc) is 2.81. The number of carboxylic acids is 1. The second kappa shape index (κ2) is 20.6. The van der Waals surface area contributed by atoms with E-state index in [0.29, 0.717) is 90.8 Å². The molecule has 0 spiro atoms. The van der Waals surface area contributed by atoms with Gasteiger partial charge in [0.1, 0.15) is 24.7 Å². The fraction of sp³-hybridized carbons (Fsp3) is 0.696. The SMILES string of the molecule is CCOCCOCCOCCOc1cc(OCCOCCOCCOCC)cc(C(=O)O)c1. The van der Waals surface area contributed by atoms with Gasteiger partial charge in [-0.3, -0.25) is 0 Å². The monoisotopic (exact) mass is 474 g/mol. The summed E-state index contributed by atoms with van der Waals surface area (Å²) in [4.78, 5) is 11.4. The normalized spacial score (nSPS) is 11.0. The molecule has 0 fully saturated rings. The van der Waals surface area contributed by atoms with E-state index in [9.17, 15) is 9.90 Å². The van der Waals surface area contributed by atoms with Crippen molar-refractivity contribution in [2.45, 2.75) is 13.8 Å². The van der Waals surface area contributed by atoms with Crippen molar-refractivity contribution in [1.29, 1.82) is 0 Å². The minimum atomic E-state index is -1.06. The van der Waals surface area contributed by atoms with Crippen molar-refractivity contribution >= 4 is 5.97 Å². The Morgan fingerprint density at radius 1 is 0.576 bits per heavy atom. The second-order valence-corrected chi connectivity index (χ2v) is 6.54. The second-order valence-electron chi connectivity index (χ2n) is 6.54. The molecule has 0 amide bonds. The summed E-state index contributed by atoms with van der Waals surface area (Å²) in [6.07, 6.45) is 0. The van der Waals surface area contributed by atoms with Crippen LogP contribution >= 0.6 is 0 Å². The van der Waals surface area contributed by atoms with Crippen LogP contribution in [0.4, 0.5) is 0 Å². The summed E-state index contributed by atoms with van der Waals surface area (Å²) in [5.74, 6) is -0.277. The number of aromatic carboxylic acids is 1. The summed E-state index contributed by atoms with van der Waals surface area (Å²) in [7, 11) is 0. The van der Waals surface area contributed by atoms with E-state index < -0.39 is 5.97 Å². The molecule has 0 saturated carbocycles. The number of rotatable bonds is 23. The molecule has 190 valence electrons. The van der Waals surface area contributed by atoms with Gasteiger partial charge in [-0.15, -0.1) is 0 Å². The maximum atomic E-state index is 11.4. The van der Waals surface area contributed by atoms with E-state index in [1.807, 2.05) is 13.8 Å². The molecule has 0 aliphatic rings. The topological polar surface area (TPSA) is 111 Å². The first-order valence-corrected chi connectivity index (χ1v) is 11.3. The number of carboxylic acid groups (broad SMARTS) is 1. The molecule has 0 saturated heterocycles. The first-order chi connectivity index (χ1) is 16.2. The van der Waals surface area contributed by atoms with Gasteiger partial charge in [0.2, 0.25) is 0 Å². The summed E-state index contributed by atoms with van der Waals surface area (Å²) >= 11 is 0. The Bertz CT molecular complexity index is 569. The largest absolute Gasteiger partial charge is 0.491 e. The smallest absolute Gasteiger partial charge is 0.335 e. The molecule has 1 aromatic carbocycles. The van der Waals surface area contributed by atoms with Crippen molar-refractivity contribution in [2.75, 3.05) is 92.5 Å². The van der Waals surface area contributed by atoms with Gasteiger partial charge in [-0.25, -0.2) is 4.79 Å². The Balaban J connectivity index is 2.22. The maximum Gasteiger partial charge on any atom is 0.335 e. The van der Waals surface area contributed by atoms with Gasteiger partial charge < -0.3 is 43.0 Å². The Hall–Kier alpha value is -1.95. The Labute approximate surface area is 195 Å². The molecule has 1 rings (SSSR count). The first kappa shape index (κ1) is 29.1. The molecule has 0 radical (unpaired) electrons. The highest BCUT2D eigenvalue weighted by atomic mass is 16.6. The third kappa shape index (κ3) is 16.3. The quantitative estimate of drug-likeness (QED) is 0.237.